The maximum atomic E-state index is 8.78. The number of nitriles is 1. The van der Waals surface area contributed by atoms with E-state index < -0.39 is 0 Å². The molecule has 1 aromatic heterocycles. The second-order valence-electron chi connectivity index (χ2n) is 3.63. The lowest BCUT2D eigenvalue weighted by molar-refractivity contribution is 0.203. The highest BCUT2D eigenvalue weighted by Gasteiger charge is 2.13. The Balaban J connectivity index is 2.88. The Morgan fingerprint density at radius 2 is 2.31 bits per heavy atom. The largest absolute Gasteiger partial charge is 0.383 e. The highest BCUT2D eigenvalue weighted by atomic mass is 16.5. The number of methoxy groups -OCH3 is 1. The van der Waals surface area contributed by atoms with Gasteiger partial charge in [0, 0.05) is 25.9 Å². The number of rotatable bonds is 5. The molecule has 0 saturated carbocycles. The fraction of sp³-hybridized carbons (Fsp3) is 0.545. The summed E-state index contributed by atoms with van der Waals surface area (Å²) in [6.45, 7) is 5.43. The van der Waals surface area contributed by atoms with Crippen molar-refractivity contribution in [2.45, 2.75) is 19.9 Å². The minimum atomic E-state index is 0.268. The Kier molecular flexibility index (Phi) is 4.67. The highest BCUT2D eigenvalue weighted by Crippen LogP contribution is 2.10. The average Bonchev–Trinajstić information content (AvgIpc) is 2.29. The lowest BCUT2D eigenvalue weighted by Gasteiger charge is -2.26. The molecular weight excluding hydrogens is 204 g/mol. The number of nitrogens with zero attached hydrogens (tertiary/aromatic N) is 4. The van der Waals surface area contributed by atoms with Gasteiger partial charge in [0.2, 0.25) is 5.95 Å². The summed E-state index contributed by atoms with van der Waals surface area (Å²) in [6.07, 6.45) is 1.60. The Labute approximate surface area is 95.7 Å². The van der Waals surface area contributed by atoms with Crippen LogP contribution in [0, 0.1) is 11.3 Å². The standard InChI is InChI=1S/C11H16N4O/c1-9(2)15(6-7-16-3)11-13-5-4-10(8-12)14-11/h4-5,9H,6-7H2,1-3H3. The molecule has 0 aliphatic rings. The molecule has 1 rings (SSSR count). The Morgan fingerprint density at radius 1 is 1.56 bits per heavy atom. The molecule has 0 atom stereocenters. The van der Waals surface area contributed by atoms with Crippen LogP contribution in [-0.2, 0) is 4.74 Å². The normalized spacial score (nSPS) is 10.2. The van der Waals surface area contributed by atoms with E-state index in [1.807, 2.05) is 11.0 Å². The molecule has 1 heterocycles. The van der Waals surface area contributed by atoms with Crippen LogP contribution >= 0.6 is 0 Å². The number of ether oxygens (including phenoxy) is 1. The van der Waals surface area contributed by atoms with Gasteiger partial charge in [0.25, 0.3) is 0 Å². The van der Waals surface area contributed by atoms with Crippen molar-refractivity contribution in [1.82, 2.24) is 9.97 Å². The van der Waals surface area contributed by atoms with Crippen LogP contribution < -0.4 is 4.90 Å². The molecule has 0 radical (unpaired) electrons. The molecule has 16 heavy (non-hydrogen) atoms. The third-order valence-electron chi connectivity index (χ3n) is 2.17. The first-order chi connectivity index (χ1) is 7.69. The van der Waals surface area contributed by atoms with Crippen LogP contribution in [0.3, 0.4) is 0 Å². The van der Waals surface area contributed by atoms with Crippen molar-refractivity contribution in [1.29, 1.82) is 5.26 Å². The minimum Gasteiger partial charge on any atom is -0.383 e. The van der Waals surface area contributed by atoms with Gasteiger partial charge in [-0.1, -0.05) is 0 Å². The van der Waals surface area contributed by atoms with Crippen molar-refractivity contribution in [3.8, 4) is 6.07 Å². The van der Waals surface area contributed by atoms with Crippen LogP contribution in [0.2, 0.25) is 0 Å². The van der Waals surface area contributed by atoms with E-state index in [9.17, 15) is 0 Å². The van der Waals surface area contributed by atoms with Crippen molar-refractivity contribution in [3.05, 3.63) is 18.0 Å². The lowest BCUT2D eigenvalue weighted by Crippen LogP contribution is -2.35. The summed E-state index contributed by atoms with van der Waals surface area (Å²) >= 11 is 0. The van der Waals surface area contributed by atoms with Gasteiger partial charge in [-0.15, -0.1) is 0 Å². The van der Waals surface area contributed by atoms with E-state index in [2.05, 4.69) is 23.8 Å². The lowest BCUT2D eigenvalue weighted by atomic mass is 10.3. The molecule has 0 fully saturated rings. The summed E-state index contributed by atoms with van der Waals surface area (Å²) in [6, 6.07) is 3.87. The van der Waals surface area contributed by atoms with Crippen LogP contribution in [0.25, 0.3) is 0 Å². The molecule has 0 N–H and O–H groups in total. The van der Waals surface area contributed by atoms with E-state index in [1.54, 1.807) is 19.4 Å². The first-order valence-electron chi connectivity index (χ1n) is 5.17. The molecule has 0 amide bonds. The van der Waals surface area contributed by atoms with Crippen LogP contribution in [0.5, 0.6) is 0 Å². The molecule has 0 aliphatic carbocycles. The van der Waals surface area contributed by atoms with Gasteiger partial charge in [-0.3, -0.25) is 0 Å². The zero-order valence-corrected chi connectivity index (χ0v) is 9.84. The molecular formula is C11H16N4O. The molecule has 0 aliphatic heterocycles. The molecule has 0 spiro atoms. The predicted octanol–water partition coefficient (Wildman–Crippen LogP) is 1.21. The predicted molar refractivity (Wildman–Crippen MR) is 61.1 cm³/mol. The maximum absolute atomic E-state index is 8.78. The molecule has 5 nitrogen and oxygen atoms in total. The Bertz CT molecular complexity index is 372. The van der Waals surface area contributed by atoms with Crippen molar-refractivity contribution in [2.24, 2.45) is 0 Å². The Hall–Kier alpha value is -1.67. The highest BCUT2D eigenvalue weighted by molar-refractivity contribution is 5.34. The van der Waals surface area contributed by atoms with Gasteiger partial charge in [0.05, 0.1) is 6.61 Å². The van der Waals surface area contributed by atoms with Gasteiger partial charge in [-0.2, -0.15) is 5.26 Å². The Morgan fingerprint density at radius 3 is 2.88 bits per heavy atom. The van der Waals surface area contributed by atoms with Crippen molar-refractivity contribution in [3.63, 3.8) is 0 Å². The van der Waals surface area contributed by atoms with Crippen LogP contribution in [0.1, 0.15) is 19.5 Å². The molecule has 0 saturated heterocycles. The molecule has 1 aromatic rings. The first-order valence-corrected chi connectivity index (χ1v) is 5.17. The van der Waals surface area contributed by atoms with Crippen LogP contribution in [-0.4, -0.2) is 36.3 Å². The number of hydrogen-bond acceptors (Lipinski definition) is 5. The van der Waals surface area contributed by atoms with Gasteiger partial charge >= 0.3 is 0 Å². The van der Waals surface area contributed by atoms with Crippen molar-refractivity contribution in [2.75, 3.05) is 25.2 Å². The third kappa shape index (κ3) is 3.17. The average molecular weight is 220 g/mol. The van der Waals surface area contributed by atoms with E-state index >= 15 is 0 Å². The molecule has 5 heteroatoms. The van der Waals surface area contributed by atoms with E-state index in [-0.39, 0.29) is 6.04 Å². The summed E-state index contributed by atoms with van der Waals surface area (Å²) in [5.41, 5.74) is 0.382. The maximum Gasteiger partial charge on any atom is 0.226 e. The van der Waals surface area contributed by atoms with E-state index in [0.717, 1.165) is 0 Å². The summed E-state index contributed by atoms with van der Waals surface area (Å²) in [5, 5.41) is 8.78. The molecule has 0 bridgehead atoms. The van der Waals surface area contributed by atoms with Crippen LogP contribution in [0.4, 0.5) is 5.95 Å². The fourth-order valence-electron chi connectivity index (χ4n) is 1.33. The van der Waals surface area contributed by atoms with Gasteiger partial charge in [-0.05, 0) is 19.9 Å². The first kappa shape index (κ1) is 12.4. The van der Waals surface area contributed by atoms with Gasteiger partial charge < -0.3 is 9.64 Å². The summed E-state index contributed by atoms with van der Waals surface area (Å²) in [5.74, 6) is 0.575. The quantitative estimate of drug-likeness (QED) is 0.746. The fourth-order valence-corrected chi connectivity index (χ4v) is 1.33. The second kappa shape index (κ2) is 6.03. The smallest absolute Gasteiger partial charge is 0.226 e. The topological polar surface area (TPSA) is 62.0 Å². The number of anilines is 1. The molecule has 86 valence electrons. The summed E-state index contributed by atoms with van der Waals surface area (Å²) in [7, 11) is 1.66. The number of aromatic nitrogens is 2. The number of hydrogen-bond donors (Lipinski definition) is 0. The van der Waals surface area contributed by atoms with Gasteiger partial charge in [-0.25, -0.2) is 9.97 Å². The van der Waals surface area contributed by atoms with E-state index in [4.69, 9.17) is 10.00 Å². The van der Waals surface area contributed by atoms with E-state index in [0.29, 0.717) is 24.8 Å². The van der Waals surface area contributed by atoms with Crippen LogP contribution in [0.15, 0.2) is 12.3 Å². The monoisotopic (exact) mass is 220 g/mol. The minimum absolute atomic E-state index is 0.268. The van der Waals surface area contributed by atoms with Crippen molar-refractivity contribution >= 4 is 5.95 Å². The third-order valence-corrected chi connectivity index (χ3v) is 2.17. The van der Waals surface area contributed by atoms with E-state index in [1.165, 1.54) is 0 Å². The van der Waals surface area contributed by atoms with Gasteiger partial charge in [0.15, 0.2) is 0 Å². The summed E-state index contributed by atoms with van der Waals surface area (Å²) < 4.78 is 5.04. The second-order valence-corrected chi connectivity index (χ2v) is 3.63. The molecule has 0 aromatic carbocycles. The van der Waals surface area contributed by atoms with Gasteiger partial charge in [0.1, 0.15) is 11.8 Å². The zero-order chi connectivity index (χ0) is 12.0. The zero-order valence-electron chi connectivity index (χ0n) is 9.84. The summed E-state index contributed by atoms with van der Waals surface area (Å²) in [4.78, 5) is 10.3. The molecule has 0 unspecified atom stereocenters. The van der Waals surface area contributed by atoms with Crippen molar-refractivity contribution < 1.29 is 4.74 Å². The SMILES string of the molecule is COCCN(c1nccc(C#N)n1)C(C)C.